The Bertz CT molecular complexity index is 561. The number of ether oxygens (including phenoxy) is 1. The zero-order valence-electron chi connectivity index (χ0n) is 9.54. The fraction of sp³-hybridized carbons (Fsp3) is 0.167. The van der Waals surface area contributed by atoms with Crippen LogP contribution < -0.4 is 4.74 Å². The Hall–Kier alpha value is -2.30. The van der Waals surface area contributed by atoms with Crippen molar-refractivity contribution in [3.63, 3.8) is 0 Å². The number of carboxylic acids is 1. The molecule has 1 N–H and O–H groups in total. The third-order valence-corrected chi connectivity index (χ3v) is 2.48. The maximum atomic E-state index is 11.1. The van der Waals surface area contributed by atoms with Gasteiger partial charge in [-0.05, 0) is 12.1 Å². The Balaban J connectivity index is 2.59. The van der Waals surface area contributed by atoms with Gasteiger partial charge in [-0.3, -0.25) is 0 Å². The van der Waals surface area contributed by atoms with Crippen LogP contribution in [-0.2, 0) is 7.05 Å². The minimum atomic E-state index is -1.04. The molecule has 0 fully saturated rings. The minimum absolute atomic E-state index is 0.0424. The lowest BCUT2D eigenvalue weighted by molar-refractivity contribution is 0.0692. The molecule has 0 aliphatic heterocycles. The molecule has 2 rings (SSSR count). The summed E-state index contributed by atoms with van der Waals surface area (Å²) in [6.07, 6.45) is 1.48. The first-order chi connectivity index (χ1) is 8.13. The molecule has 0 aliphatic rings. The van der Waals surface area contributed by atoms with E-state index in [4.69, 9.17) is 9.84 Å². The third kappa shape index (κ3) is 1.99. The Morgan fingerprint density at radius 2 is 2.24 bits per heavy atom. The summed E-state index contributed by atoms with van der Waals surface area (Å²) in [7, 11) is 3.33. The zero-order valence-corrected chi connectivity index (χ0v) is 9.54. The van der Waals surface area contributed by atoms with Gasteiger partial charge in [-0.25, -0.2) is 9.78 Å². The lowest BCUT2D eigenvalue weighted by Crippen LogP contribution is -2.01. The summed E-state index contributed by atoms with van der Waals surface area (Å²) in [4.78, 5) is 14.9. The number of nitrogens with zero attached hydrogens (tertiary/aromatic N) is 2. The van der Waals surface area contributed by atoms with Gasteiger partial charge < -0.3 is 14.4 Å². The van der Waals surface area contributed by atoms with E-state index in [9.17, 15) is 4.79 Å². The van der Waals surface area contributed by atoms with Gasteiger partial charge in [0.05, 0.1) is 19.1 Å². The average Bonchev–Trinajstić information content (AvgIpc) is 2.71. The molecule has 5 heteroatoms. The van der Waals surface area contributed by atoms with Gasteiger partial charge in [0.15, 0.2) is 5.69 Å². The quantitative estimate of drug-likeness (QED) is 0.876. The molecule has 0 bridgehead atoms. The number of hydrogen-bond donors (Lipinski definition) is 1. The summed E-state index contributed by atoms with van der Waals surface area (Å²) >= 11 is 0. The van der Waals surface area contributed by atoms with Crippen LogP contribution in [0, 0.1) is 0 Å². The van der Waals surface area contributed by atoms with Crippen LogP contribution in [0.25, 0.3) is 11.3 Å². The van der Waals surface area contributed by atoms with Gasteiger partial charge in [-0.1, -0.05) is 12.1 Å². The molecule has 88 valence electrons. The highest BCUT2D eigenvalue weighted by Crippen LogP contribution is 2.26. The SMILES string of the molecule is COc1cccc(-c2c(C(=O)O)ncn2C)c1. The van der Waals surface area contributed by atoms with Gasteiger partial charge in [-0.2, -0.15) is 0 Å². The number of methoxy groups -OCH3 is 1. The summed E-state index contributed by atoms with van der Waals surface area (Å²) in [5.74, 6) is -0.358. The Labute approximate surface area is 98.3 Å². The van der Waals surface area contributed by atoms with Crippen LogP contribution >= 0.6 is 0 Å². The van der Waals surface area contributed by atoms with Crippen LogP contribution in [0.3, 0.4) is 0 Å². The van der Waals surface area contributed by atoms with Gasteiger partial charge in [0.25, 0.3) is 0 Å². The number of aromatic carboxylic acids is 1. The van der Waals surface area contributed by atoms with Crippen LogP contribution in [-0.4, -0.2) is 27.7 Å². The summed E-state index contributed by atoms with van der Waals surface area (Å²) in [6.45, 7) is 0. The van der Waals surface area contributed by atoms with Crippen molar-refractivity contribution in [3.05, 3.63) is 36.3 Å². The van der Waals surface area contributed by atoms with E-state index in [1.807, 2.05) is 12.1 Å². The van der Waals surface area contributed by atoms with Crippen molar-refractivity contribution in [1.82, 2.24) is 9.55 Å². The highest BCUT2D eigenvalue weighted by atomic mass is 16.5. The second-order valence-corrected chi connectivity index (χ2v) is 3.59. The Kier molecular flexibility index (Phi) is 2.82. The predicted molar refractivity (Wildman–Crippen MR) is 62.2 cm³/mol. The fourth-order valence-electron chi connectivity index (χ4n) is 1.70. The molecular formula is C12H12N2O3. The largest absolute Gasteiger partial charge is 0.497 e. The molecule has 1 aromatic heterocycles. The summed E-state index contributed by atoms with van der Waals surface area (Å²) in [5.41, 5.74) is 1.37. The molecule has 0 saturated heterocycles. The average molecular weight is 232 g/mol. The standard InChI is InChI=1S/C12H12N2O3/c1-14-7-13-10(12(15)16)11(14)8-4-3-5-9(6-8)17-2/h3-7H,1-2H3,(H,15,16). The second kappa shape index (κ2) is 4.29. The fourth-order valence-corrected chi connectivity index (χ4v) is 1.70. The smallest absolute Gasteiger partial charge is 0.356 e. The summed E-state index contributed by atoms with van der Waals surface area (Å²) < 4.78 is 6.79. The predicted octanol–water partition coefficient (Wildman–Crippen LogP) is 1.79. The third-order valence-electron chi connectivity index (χ3n) is 2.48. The van der Waals surface area contributed by atoms with E-state index >= 15 is 0 Å². The molecule has 17 heavy (non-hydrogen) atoms. The summed E-state index contributed by atoms with van der Waals surface area (Å²) in [5, 5.41) is 9.06. The van der Waals surface area contributed by atoms with Gasteiger partial charge >= 0.3 is 5.97 Å². The molecule has 1 heterocycles. The van der Waals surface area contributed by atoms with E-state index in [1.165, 1.54) is 6.33 Å². The normalized spacial score (nSPS) is 10.2. The van der Waals surface area contributed by atoms with Crippen molar-refractivity contribution < 1.29 is 14.6 Å². The molecule has 0 radical (unpaired) electrons. The maximum absolute atomic E-state index is 11.1. The van der Waals surface area contributed by atoms with E-state index < -0.39 is 5.97 Å². The second-order valence-electron chi connectivity index (χ2n) is 3.59. The van der Waals surface area contributed by atoms with Crippen molar-refractivity contribution in [2.24, 2.45) is 7.05 Å². The van der Waals surface area contributed by atoms with Crippen LogP contribution in [0.5, 0.6) is 5.75 Å². The maximum Gasteiger partial charge on any atom is 0.356 e. The van der Waals surface area contributed by atoms with Gasteiger partial charge in [0.1, 0.15) is 5.75 Å². The van der Waals surface area contributed by atoms with Crippen molar-refractivity contribution in [2.45, 2.75) is 0 Å². The number of imidazole rings is 1. The molecule has 0 unspecified atom stereocenters. The van der Waals surface area contributed by atoms with Crippen molar-refractivity contribution in [3.8, 4) is 17.0 Å². The highest BCUT2D eigenvalue weighted by molar-refractivity contribution is 5.93. The number of hydrogen-bond acceptors (Lipinski definition) is 3. The van der Waals surface area contributed by atoms with E-state index in [0.29, 0.717) is 11.4 Å². The molecule has 0 amide bonds. The summed E-state index contributed by atoms with van der Waals surface area (Å²) in [6, 6.07) is 7.22. The molecular weight excluding hydrogens is 220 g/mol. The van der Waals surface area contributed by atoms with E-state index in [0.717, 1.165) is 5.56 Å². The van der Waals surface area contributed by atoms with Crippen molar-refractivity contribution in [1.29, 1.82) is 0 Å². The van der Waals surface area contributed by atoms with Crippen LogP contribution in [0.2, 0.25) is 0 Å². The van der Waals surface area contributed by atoms with Crippen molar-refractivity contribution >= 4 is 5.97 Å². The number of aryl methyl sites for hydroxylation is 1. The minimum Gasteiger partial charge on any atom is -0.497 e. The number of benzene rings is 1. The first kappa shape index (κ1) is 11.2. The molecule has 1 aromatic carbocycles. The van der Waals surface area contributed by atoms with E-state index in [2.05, 4.69) is 4.98 Å². The lowest BCUT2D eigenvalue weighted by atomic mass is 10.1. The zero-order chi connectivity index (χ0) is 12.4. The Morgan fingerprint density at radius 1 is 1.47 bits per heavy atom. The first-order valence-corrected chi connectivity index (χ1v) is 5.02. The van der Waals surface area contributed by atoms with Gasteiger partial charge in [0, 0.05) is 12.6 Å². The first-order valence-electron chi connectivity index (χ1n) is 5.02. The Morgan fingerprint density at radius 3 is 2.88 bits per heavy atom. The van der Waals surface area contributed by atoms with Gasteiger partial charge in [0.2, 0.25) is 0 Å². The number of aromatic nitrogens is 2. The van der Waals surface area contributed by atoms with E-state index in [-0.39, 0.29) is 5.69 Å². The number of carbonyl (C=O) groups is 1. The van der Waals surface area contributed by atoms with Crippen molar-refractivity contribution in [2.75, 3.05) is 7.11 Å². The monoisotopic (exact) mass is 232 g/mol. The molecule has 2 aromatic rings. The molecule has 0 aliphatic carbocycles. The topological polar surface area (TPSA) is 64.3 Å². The van der Waals surface area contributed by atoms with Gasteiger partial charge in [-0.15, -0.1) is 0 Å². The van der Waals surface area contributed by atoms with E-state index in [1.54, 1.807) is 30.9 Å². The molecule has 0 atom stereocenters. The number of rotatable bonds is 3. The van der Waals surface area contributed by atoms with Crippen LogP contribution in [0.4, 0.5) is 0 Å². The lowest BCUT2D eigenvalue weighted by Gasteiger charge is -2.06. The molecule has 0 saturated carbocycles. The molecule has 5 nitrogen and oxygen atoms in total. The van der Waals surface area contributed by atoms with Crippen LogP contribution in [0.15, 0.2) is 30.6 Å². The number of carboxylic acid groups (broad SMARTS) is 1. The highest BCUT2D eigenvalue weighted by Gasteiger charge is 2.17. The van der Waals surface area contributed by atoms with Crippen LogP contribution in [0.1, 0.15) is 10.5 Å². The molecule has 0 spiro atoms.